The molecular formula is C12H15N3O. The van der Waals surface area contributed by atoms with Gasteiger partial charge in [0.05, 0.1) is 6.54 Å². The minimum absolute atomic E-state index is 0.111. The van der Waals surface area contributed by atoms with E-state index >= 15 is 0 Å². The summed E-state index contributed by atoms with van der Waals surface area (Å²) in [6, 6.07) is 7.46. The molecule has 16 heavy (non-hydrogen) atoms. The second kappa shape index (κ2) is 5.93. The lowest BCUT2D eigenvalue weighted by Crippen LogP contribution is -2.03. The molecule has 1 aromatic rings. The van der Waals surface area contributed by atoms with Crippen molar-refractivity contribution >= 4 is 5.78 Å². The van der Waals surface area contributed by atoms with Crippen molar-refractivity contribution in [3.63, 3.8) is 0 Å². The maximum Gasteiger partial charge on any atom is 0.168 e. The van der Waals surface area contributed by atoms with Gasteiger partial charge in [0.15, 0.2) is 5.78 Å². The Kier molecular flexibility index (Phi) is 4.55. The van der Waals surface area contributed by atoms with Gasteiger partial charge in [0.25, 0.3) is 0 Å². The molecule has 0 amide bonds. The maximum atomic E-state index is 11.5. The molecular weight excluding hydrogens is 202 g/mol. The van der Waals surface area contributed by atoms with E-state index in [2.05, 4.69) is 23.9 Å². The van der Waals surface area contributed by atoms with Gasteiger partial charge in [-0.2, -0.15) is 0 Å². The van der Waals surface area contributed by atoms with Gasteiger partial charge in [0, 0.05) is 10.5 Å². The average Bonchev–Trinajstić information content (AvgIpc) is 2.26. The Morgan fingerprint density at radius 3 is 2.50 bits per heavy atom. The number of azide groups is 1. The van der Waals surface area contributed by atoms with E-state index in [0.29, 0.717) is 11.5 Å². The maximum absolute atomic E-state index is 11.5. The van der Waals surface area contributed by atoms with Crippen LogP contribution in [0.4, 0.5) is 0 Å². The van der Waals surface area contributed by atoms with Gasteiger partial charge in [-0.25, -0.2) is 0 Å². The fourth-order valence-electron chi connectivity index (χ4n) is 1.49. The van der Waals surface area contributed by atoms with Crippen molar-refractivity contribution in [1.82, 2.24) is 0 Å². The molecule has 0 fully saturated rings. The van der Waals surface area contributed by atoms with Crippen LogP contribution in [-0.2, 0) is 6.42 Å². The predicted molar refractivity (Wildman–Crippen MR) is 63.3 cm³/mol. The first-order valence-corrected chi connectivity index (χ1v) is 5.26. The van der Waals surface area contributed by atoms with Gasteiger partial charge in [-0.05, 0) is 23.4 Å². The lowest BCUT2D eigenvalue weighted by Gasteiger charge is -2.05. The minimum atomic E-state index is -0.145. The molecule has 0 saturated carbocycles. The normalized spacial score (nSPS) is 9.94. The van der Waals surface area contributed by atoms with Crippen molar-refractivity contribution in [2.45, 2.75) is 20.3 Å². The van der Waals surface area contributed by atoms with Crippen LogP contribution in [0.25, 0.3) is 10.4 Å². The SMILES string of the molecule is CC(C)Cc1ccc(C(=O)CN=[N+]=[N-])cc1. The molecule has 0 atom stereocenters. The first kappa shape index (κ1) is 12.3. The quantitative estimate of drug-likeness (QED) is 0.322. The first-order valence-electron chi connectivity index (χ1n) is 5.26. The molecule has 0 unspecified atom stereocenters. The van der Waals surface area contributed by atoms with E-state index < -0.39 is 0 Å². The van der Waals surface area contributed by atoms with Crippen molar-refractivity contribution in [3.8, 4) is 0 Å². The molecule has 0 radical (unpaired) electrons. The van der Waals surface area contributed by atoms with Crippen LogP contribution in [0.15, 0.2) is 29.4 Å². The number of Topliss-reactive ketones (excluding diaryl/α,β-unsaturated/α-hetero) is 1. The zero-order valence-corrected chi connectivity index (χ0v) is 9.55. The fourth-order valence-corrected chi connectivity index (χ4v) is 1.49. The Balaban J connectivity index is 2.70. The average molecular weight is 217 g/mol. The molecule has 0 aliphatic carbocycles. The molecule has 0 spiro atoms. The van der Waals surface area contributed by atoms with Crippen molar-refractivity contribution in [2.75, 3.05) is 6.54 Å². The lowest BCUT2D eigenvalue weighted by molar-refractivity contribution is 0.100. The highest BCUT2D eigenvalue weighted by Gasteiger charge is 2.04. The van der Waals surface area contributed by atoms with Crippen LogP contribution in [0, 0.1) is 5.92 Å². The summed E-state index contributed by atoms with van der Waals surface area (Å²) in [5.41, 5.74) is 9.93. The summed E-state index contributed by atoms with van der Waals surface area (Å²) in [5, 5.41) is 3.25. The van der Waals surface area contributed by atoms with Crippen molar-refractivity contribution < 1.29 is 4.79 Å². The summed E-state index contributed by atoms with van der Waals surface area (Å²) in [6.07, 6.45) is 1.00. The molecule has 0 aromatic heterocycles. The van der Waals surface area contributed by atoms with E-state index in [0.717, 1.165) is 6.42 Å². The van der Waals surface area contributed by atoms with Crippen LogP contribution in [-0.4, -0.2) is 12.3 Å². The molecule has 1 rings (SSSR count). The predicted octanol–water partition coefficient (Wildman–Crippen LogP) is 3.38. The first-order chi connectivity index (χ1) is 7.63. The van der Waals surface area contributed by atoms with E-state index in [4.69, 9.17) is 5.53 Å². The monoisotopic (exact) mass is 217 g/mol. The Morgan fingerprint density at radius 2 is 2.00 bits per heavy atom. The fraction of sp³-hybridized carbons (Fsp3) is 0.417. The summed E-state index contributed by atoms with van der Waals surface area (Å²) in [5.74, 6) is 0.457. The van der Waals surface area contributed by atoms with Crippen LogP contribution < -0.4 is 0 Å². The highest BCUT2D eigenvalue weighted by Crippen LogP contribution is 2.10. The van der Waals surface area contributed by atoms with Crippen molar-refractivity contribution in [3.05, 3.63) is 45.8 Å². The molecule has 0 heterocycles. The van der Waals surface area contributed by atoms with Crippen LogP contribution in [0.5, 0.6) is 0 Å². The Bertz CT molecular complexity index is 403. The third-order valence-corrected chi connectivity index (χ3v) is 2.20. The third-order valence-electron chi connectivity index (χ3n) is 2.20. The van der Waals surface area contributed by atoms with Crippen molar-refractivity contribution in [1.29, 1.82) is 0 Å². The number of hydrogen-bond acceptors (Lipinski definition) is 2. The molecule has 4 nitrogen and oxygen atoms in total. The Hall–Kier alpha value is -1.80. The molecule has 4 heteroatoms. The van der Waals surface area contributed by atoms with E-state index in [1.54, 1.807) is 12.1 Å². The summed E-state index contributed by atoms with van der Waals surface area (Å²) >= 11 is 0. The van der Waals surface area contributed by atoms with Gasteiger partial charge >= 0.3 is 0 Å². The number of carbonyl (C=O) groups excluding carboxylic acids is 1. The summed E-state index contributed by atoms with van der Waals surface area (Å²) in [4.78, 5) is 14.0. The summed E-state index contributed by atoms with van der Waals surface area (Å²) in [7, 11) is 0. The summed E-state index contributed by atoms with van der Waals surface area (Å²) in [6.45, 7) is 4.20. The number of rotatable bonds is 5. The molecule has 0 saturated heterocycles. The zero-order chi connectivity index (χ0) is 12.0. The Labute approximate surface area is 94.9 Å². The van der Waals surface area contributed by atoms with Crippen LogP contribution in [0.3, 0.4) is 0 Å². The molecule has 0 aliphatic rings. The van der Waals surface area contributed by atoms with Crippen molar-refractivity contribution in [2.24, 2.45) is 11.0 Å². The number of benzene rings is 1. The van der Waals surface area contributed by atoms with Gasteiger partial charge in [-0.1, -0.05) is 43.2 Å². The van der Waals surface area contributed by atoms with E-state index in [9.17, 15) is 4.79 Å². The van der Waals surface area contributed by atoms with Gasteiger partial charge in [-0.15, -0.1) is 0 Å². The van der Waals surface area contributed by atoms with Gasteiger partial charge < -0.3 is 0 Å². The molecule has 84 valence electrons. The van der Waals surface area contributed by atoms with Crippen LogP contribution in [0.2, 0.25) is 0 Å². The topological polar surface area (TPSA) is 65.8 Å². The van der Waals surface area contributed by atoms with E-state index in [-0.39, 0.29) is 12.3 Å². The van der Waals surface area contributed by atoms with Gasteiger partial charge in [-0.3, -0.25) is 4.79 Å². The number of ketones is 1. The molecule has 0 aliphatic heterocycles. The minimum Gasteiger partial charge on any atom is -0.294 e. The number of hydrogen-bond donors (Lipinski definition) is 0. The second-order valence-electron chi connectivity index (χ2n) is 4.11. The van der Waals surface area contributed by atoms with Gasteiger partial charge in [0.1, 0.15) is 0 Å². The Morgan fingerprint density at radius 1 is 1.38 bits per heavy atom. The van der Waals surface area contributed by atoms with E-state index in [1.165, 1.54) is 5.56 Å². The molecule has 0 bridgehead atoms. The van der Waals surface area contributed by atoms with Gasteiger partial charge in [0.2, 0.25) is 0 Å². The second-order valence-corrected chi connectivity index (χ2v) is 4.11. The van der Waals surface area contributed by atoms with Crippen LogP contribution in [0.1, 0.15) is 29.8 Å². The number of nitrogens with zero attached hydrogens (tertiary/aromatic N) is 3. The largest absolute Gasteiger partial charge is 0.294 e. The third kappa shape index (κ3) is 3.75. The highest BCUT2D eigenvalue weighted by atomic mass is 16.1. The molecule has 1 aromatic carbocycles. The lowest BCUT2D eigenvalue weighted by atomic mass is 10.0. The zero-order valence-electron chi connectivity index (χ0n) is 9.55. The standard InChI is InChI=1S/C12H15N3O/c1-9(2)7-10-3-5-11(6-4-10)12(16)8-14-15-13/h3-6,9H,7-8H2,1-2H3. The van der Waals surface area contributed by atoms with E-state index in [1.807, 2.05) is 12.1 Å². The smallest absolute Gasteiger partial charge is 0.168 e. The summed E-state index contributed by atoms with van der Waals surface area (Å²) < 4.78 is 0. The highest BCUT2D eigenvalue weighted by molar-refractivity contribution is 5.97. The van der Waals surface area contributed by atoms with Crippen LogP contribution >= 0.6 is 0 Å². The number of carbonyl (C=O) groups is 1. The molecule has 0 N–H and O–H groups in total.